The zero-order valence-electron chi connectivity index (χ0n) is 13.5. The van der Waals surface area contributed by atoms with E-state index in [0.717, 1.165) is 17.0 Å². The minimum absolute atomic E-state index is 0.169. The lowest BCUT2D eigenvalue weighted by Crippen LogP contribution is -3.17. The number of hydrogen-bond acceptors (Lipinski definition) is 3. The quantitative estimate of drug-likeness (QED) is 0.630. The van der Waals surface area contributed by atoms with Crippen molar-refractivity contribution in [3.63, 3.8) is 0 Å². The second-order valence-corrected chi connectivity index (χ2v) is 5.89. The molecule has 1 heterocycles. The average molecular weight is 345 g/mol. The third kappa shape index (κ3) is 3.87. The van der Waals surface area contributed by atoms with Crippen LogP contribution in [0.15, 0.2) is 12.1 Å². The molecule has 24 heavy (non-hydrogen) atoms. The highest BCUT2D eigenvalue weighted by molar-refractivity contribution is 5.93. The van der Waals surface area contributed by atoms with Gasteiger partial charge in [0.1, 0.15) is 0 Å². The van der Waals surface area contributed by atoms with E-state index in [1.165, 1.54) is 7.11 Å². The summed E-state index contributed by atoms with van der Waals surface area (Å²) < 4.78 is 44.4. The van der Waals surface area contributed by atoms with E-state index in [2.05, 4.69) is 5.32 Å². The Morgan fingerprint density at radius 2 is 1.83 bits per heavy atom. The van der Waals surface area contributed by atoms with E-state index < -0.39 is 35.1 Å². The number of esters is 1. The van der Waals surface area contributed by atoms with Gasteiger partial charge in [-0.05, 0) is 19.1 Å². The lowest BCUT2D eigenvalue weighted by molar-refractivity contribution is -0.919. The normalized spacial score (nSPS) is 21.9. The first-order valence-corrected chi connectivity index (χ1v) is 7.72. The summed E-state index contributed by atoms with van der Waals surface area (Å²) in [7, 11) is 1.34. The second kappa shape index (κ2) is 7.65. The first kappa shape index (κ1) is 18.3. The number of nitrogens with one attached hydrogen (secondary N) is 2. The summed E-state index contributed by atoms with van der Waals surface area (Å²) in [5.41, 5.74) is -0.394. The lowest BCUT2D eigenvalue weighted by Gasteiger charge is -2.31. The van der Waals surface area contributed by atoms with Crippen LogP contribution in [0.4, 0.5) is 18.9 Å². The highest BCUT2D eigenvalue weighted by atomic mass is 19.2. The second-order valence-electron chi connectivity index (χ2n) is 5.89. The summed E-state index contributed by atoms with van der Waals surface area (Å²) >= 11 is 0. The van der Waals surface area contributed by atoms with Crippen LogP contribution in [0.25, 0.3) is 0 Å². The molecule has 132 valence electrons. The van der Waals surface area contributed by atoms with Gasteiger partial charge in [-0.1, -0.05) is 0 Å². The summed E-state index contributed by atoms with van der Waals surface area (Å²) in [6, 6.07) is 1.22. The first-order valence-electron chi connectivity index (χ1n) is 7.72. The minimum Gasteiger partial charge on any atom is -0.469 e. The van der Waals surface area contributed by atoms with Crippen LogP contribution in [-0.4, -0.2) is 38.1 Å². The third-order valence-electron chi connectivity index (χ3n) is 4.46. The standard InChI is InChI=1S/C16H19F3N2O3/c1-9(21-7-5-10(6-8-21)16(23)24-2)15(22)20-12-4-3-11(17)13(18)14(12)19/h3-4,9-10H,5-8H2,1-2H3,(H,20,22)/p+1/t9-/m0/s1. The fourth-order valence-electron chi connectivity index (χ4n) is 2.87. The lowest BCUT2D eigenvalue weighted by atomic mass is 9.96. The number of benzene rings is 1. The Labute approximate surface area is 137 Å². The molecule has 5 nitrogen and oxygen atoms in total. The van der Waals surface area contributed by atoms with Crippen molar-refractivity contribution in [1.29, 1.82) is 0 Å². The maximum atomic E-state index is 13.6. The van der Waals surface area contributed by atoms with Crippen molar-refractivity contribution in [3.8, 4) is 0 Å². The Hall–Kier alpha value is -2.09. The molecule has 8 heteroatoms. The number of ether oxygens (including phenoxy) is 1. The van der Waals surface area contributed by atoms with Crippen LogP contribution in [0.1, 0.15) is 19.8 Å². The number of anilines is 1. The summed E-state index contributed by atoms with van der Waals surface area (Å²) in [5.74, 6) is -5.27. The molecule has 0 radical (unpaired) electrons. The molecule has 1 atom stereocenters. The fourth-order valence-corrected chi connectivity index (χ4v) is 2.87. The highest BCUT2D eigenvalue weighted by Crippen LogP contribution is 2.19. The van der Waals surface area contributed by atoms with Gasteiger partial charge in [-0.25, -0.2) is 13.2 Å². The van der Waals surface area contributed by atoms with Crippen LogP contribution in [0.5, 0.6) is 0 Å². The van der Waals surface area contributed by atoms with Gasteiger partial charge in [0.25, 0.3) is 5.91 Å². The average Bonchev–Trinajstić information content (AvgIpc) is 2.60. The van der Waals surface area contributed by atoms with E-state index >= 15 is 0 Å². The van der Waals surface area contributed by atoms with Gasteiger partial charge in [-0.2, -0.15) is 0 Å². The topological polar surface area (TPSA) is 59.8 Å². The Morgan fingerprint density at radius 1 is 1.21 bits per heavy atom. The Morgan fingerprint density at radius 3 is 2.42 bits per heavy atom. The third-order valence-corrected chi connectivity index (χ3v) is 4.46. The number of carbonyl (C=O) groups excluding carboxylic acids is 2. The Balaban J connectivity index is 1.96. The van der Waals surface area contributed by atoms with Crippen molar-refractivity contribution < 1.29 is 32.4 Å². The highest BCUT2D eigenvalue weighted by Gasteiger charge is 2.33. The van der Waals surface area contributed by atoms with Gasteiger partial charge < -0.3 is 15.0 Å². The molecule has 1 amide bonds. The molecule has 1 aromatic carbocycles. The van der Waals surface area contributed by atoms with E-state index in [-0.39, 0.29) is 11.9 Å². The molecule has 2 N–H and O–H groups in total. The Bertz CT molecular complexity index is 631. The molecule has 0 aliphatic carbocycles. The van der Waals surface area contributed by atoms with Crippen molar-refractivity contribution in [2.24, 2.45) is 5.92 Å². The van der Waals surface area contributed by atoms with Crippen LogP contribution in [0, 0.1) is 23.4 Å². The van der Waals surface area contributed by atoms with Crippen LogP contribution >= 0.6 is 0 Å². The predicted molar refractivity (Wildman–Crippen MR) is 79.8 cm³/mol. The molecule has 1 aliphatic rings. The van der Waals surface area contributed by atoms with Crippen LogP contribution in [-0.2, 0) is 14.3 Å². The summed E-state index contributed by atoms with van der Waals surface area (Å²) in [5, 5.41) is 2.29. The number of hydrogen-bond donors (Lipinski definition) is 2. The van der Waals surface area contributed by atoms with Crippen molar-refractivity contribution in [2.75, 3.05) is 25.5 Å². The van der Waals surface area contributed by atoms with Crippen LogP contribution < -0.4 is 10.2 Å². The van der Waals surface area contributed by atoms with E-state index in [9.17, 15) is 22.8 Å². The number of likely N-dealkylation sites (tertiary alicyclic amines) is 1. The molecule has 1 aliphatic heterocycles. The molecule has 0 unspecified atom stereocenters. The van der Waals surface area contributed by atoms with Gasteiger partial charge in [0.05, 0.1) is 31.8 Å². The molecule has 2 rings (SSSR count). The molecule has 0 aromatic heterocycles. The maximum absolute atomic E-state index is 13.6. The van der Waals surface area contributed by atoms with Crippen molar-refractivity contribution >= 4 is 17.6 Å². The number of halogens is 3. The number of carbonyl (C=O) groups is 2. The fraction of sp³-hybridized carbons (Fsp3) is 0.500. The summed E-state index contributed by atoms with van der Waals surface area (Å²) in [4.78, 5) is 24.7. The molecular weight excluding hydrogens is 325 g/mol. The minimum atomic E-state index is -1.62. The number of amides is 1. The summed E-state index contributed by atoms with van der Waals surface area (Å²) in [6.45, 7) is 2.85. The monoisotopic (exact) mass is 345 g/mol. The number of methoxy groups -OCH3 is 1. The van der Waals surface area contributed by atoms with Crippen LogP contribution in [0.3, 0.4) is 0 Å². The Kier molecular flexibility index (Phi) is 5.82. The predicted octanol–water partition coefficient (Wildman–Crippen LogP) is 0.899. The van der Waals surface area contributed by atoms with Gasteiger partial charge in [-0.15, -0.1) is 0 Å². The first-order chi connectivity index (χ1) is 11.3. The largest absolute Gasteiger partial charge is 0.469 e. The van der Waals surface area contributed by atoms with Crippen molar-refractivity contribution in [2.45, 2.75) is 25.8 Å². The van der Waals surface area contributed by atoms with Gasteiger partial charge in [0.15, 0.2) is 23.5 Å². The maximum Gasteiger partial charge on any atom is 0.309 e. The molecule has 0 spiro atoms. The van der Waals surface area contributed by atoms with Gasteiger partial charge in [-0.3, -0.25) is 9.59 Å². The zero-order chi connectivity index (χ0) is 17.9. The molecular formula is C16H20F3N2O3+. The van der Waals surface area contributed by atoms with Crippen molar-refractivity contribution in [3.05, 3.63) is 29.6 Å². The van der Waals surface area contributed by atoms with E-state index in [1.54, 1.807) is 6.92 Å². The van der Waals surface area contributed by atoms with E-state index in [4.69, 9.17) is 4.74 Å². The number of piperidine rings is 1. The number of rotatable bonds is 4. The zero-order valence-corrected chi connectivity index (χ0v) is 13.5. The van der Waals surface area contributed by atoms with Gasteiger partial charge in [0.2, 0.25) is 0 Å². The molecule has 1 saturated heterocycles. The molecule has 0 saturated carbocycles. The van der Waals surface area contributed by atoms with Crippen LogP contribution in [0.2, 0.25) is 0 Å². The van der Waals surface area contributed by atoms with Crippen molar-refractivity contribution in [1.82, 2.24) is 0 Å². The van der Waals surface area contributed by atoms with E-state index in [0.29, 0.717) is 25.9 Å². The number of quaternary nitrogens is 1. The smallest absolute Gasteiger partial charge is 0.309 e. The molecule has 0 bridgehead atoms. The molecule has 1 aromatic rings. The van der Waals surface area contributed by atoms with Gasteiger partial charge in [0, 0.05) is 12.8 Å². The van der Waals surface area contributed by atoms with E-state index in [1.807, 2.05) is 0 Å². The molecule has 1 fully saturated rings. The van der Waals surface area contributed by atoms with Gasteiger partial charge >= 0.3 is 5.97 Å². The summed E-state index contributed by atoms with van der Waals surface area (Å²) in [6.07, 6.45) is 1.19. The SMILES string of the molecule is COC(=O)C1CC[NH+]([C@@H](C)C(=O)Nc2ccc(F)c(F)c2F)CC1.